The number of rotatable bonds is 2. The van der Waals surface area contributed by atoms with Crippen LogP contribution in [0.1, 0.15) is 31.7 Å². The van der Waals surface area contributed by atoms with E-state index in [0.29, 0.717) is 6.04 Å². The molecule has 0 amide bonds. The molecule has 2 aromatic heterocycles. The molecule has 1 fully saturated rings. The Morgan fingerprint density at radius 3 is 2.93 bits per heavy atom. The largest absolute Gasteiger partial charge is 0.342 e. The van der Waals surface area contributed by atoms with E-state index in [4.69, 9.17) is 0 Å². The second-order valence-electron chi connectivity index (χ2n) is 4.06. The molecule has 1 saturated carbocycles. The van der Waals surface area contributed by atoms with Gasteiger partial charge in [-0.1, -0.05) is 12.8 Å². The van der Waals surface area contributed by atoms with Crippen molar-refractivity contribution in [1.82, 2.24) is 19.5 Å². The number of nitrogens with one attached hydrogen (secondary N) is 1. The lowest BCUT2D eigenvalue weighted by atomic mass is 10.2. The van der Waals surface area contributed by atoms with Crippen molar-refractivity contribution in [2.75, 3.05) is 0 Å². The van der Waals surface area contributed by atoms with Gasteiger partial charge in [0, 0.05) is 18.4 Å². The van der Waals surface area contributed by atoms with Crippen molar-refractivity contribution in [3.05, 3.63) is 24.9 Å². The lowest BCUT2D eigenvalue weighted by Gasteiger charge is -2.13. The fraction of sp³-hybridized carbons (Fsp3) is 0.455. The highest BCUT2D eigenvalue weighted by Gasteiger charge is 2.19. The highest BCUT2D eigenvalue weighted by molar-refractivity contribution is 5.48. The average Bonchev–Trinajstić information content (AvgIpc) is 3.01. The molecule has 0 spiro atoms. The van der Waals surface area contributed by atoms with Crippen LogP contribution in [0.2, 0.25) is 0 Å². The maximum absolute atomic E-state index is 4.39. The number of nitrogens with zero attached hydrogens (tertiary/aromatic N) is 3. The summed E-state index contributed by atoms with van der Waals surface area (Å²) >= 11 is 0. The van der Waals surface area contributed by atoms with Crippen molar-refractivity contribution in [2.45, 2.75) is 31.7 Å². The third kappa shape index (κ3) is 1.46. The molecule has 4 heteroatoms. The summed E-state index contributed by atoms with van der Waals surface area (Å²) in [5.74, 6) is 1.01. The Morgan fingerprint density at radius 2 is 2.20 bits per heavy atom. The topological polar surface area (TPSA) is 46.5 Å². The van der Waals surface area contributed by atoms with Gasteiger partial charge >= 0.3 is 0 Å². The molecule has 1 aliphatic carbocycles. The van der Waals surface area contributed by atoms with Gasteiger partial charge in [0.25, 0.3) is 0 Å². The second-order valence-corrected chi connectivity index (χ2v) is 4.06. The molecule has 0 atom stereocenters. The lowest BCUT2D eigenvalue weighted by molar-refractivity contribution is 0.523. The Bertz CT molecular complexity index is 423. The molecule has 0 radical (unpaired) electrons. The number of hydrogen-bond donors (Lipinski definition) is 1. The summed E-state index contributed by atoms with van der Waals surface area (Å²) in [5, 5.41) is 0. The quantitative estimate of drug-likeness (QED) is 0.812. The molecule has 3 rings (SSSR count). The monoisotopic (exact) mass is 202 g/mol. The fourth-order valence-electron chi connectivity index (χ4n) is 2.38. The van der Waals surface area contributed by atoms with Crippen molar-refractivity contribution in [1.29, 1.82) is 0 Å². The van der Waals surface area contributed by atoms with E-state index >= 15 is 0 Å². The van der Waals surface area contributed by atoms with Gasteiger partial charge in [0.05, 0.1) is 12.5 Å². The van der Waals surface area contributed by atoms with Crippen molar-refractivity contribution in [2.24, 2.45) is 0 Å². The molecule has 1 aliphatic rings. The third-order valence-electron chi connectivity index (χ3n) is 3.13. The molecule has 1 N–H and O–H groups in total. The van der Waals surface area contributed by atoms with Crippen LogP contribution in [0.5, 0.6) is 0 Å². The predicted octanol–water partition coefficient (Wildman–Crippen LogP) is 2.39. The molecule has 0 aromatic carbocycles. The molecule has 78 valence electrons. The minimum atomic E-state index is 0.630. The molecule has 0 aliphatic heterocycles. The predicted molar refractivity (Wildman–Crippen MR) is 57.3 cm³/mol. The third-order valence-corrected chi connectivity index (χ3v) is 3.13. The van der Waals surface area contributed by atoms with Crippen molar-refractivity contribution in [3.8, 4) is 11.5 Å². The number of imidazole rings is 2. The van der Waals surface area contributed by atoms with Gasteiger partial charge in [0.2, 0.25) is 0 Å². The van der Waals surface area contributed by atoms with Gasteiger partial charge in [-0.15, -0.1) is 0 Å². The van der Waals surface area contributed by atoms with Gasteiger partial charge in [0.1, 0.15) is 5.69 Å². The molecule has 2 heterocycles. The van der Waals surface area contributed by atoms with Crippen LogP contribution in [-0.4, -0.2) is 19.5 Å². The van der Waals surface area contributed by atoms with E-state index in [1.807, 2.05) is 12.4 Å². The summed E-state index contributed by atoms with van der Waals surface area (Å²) < 4.78 is 2.28. The van der Waals surface area contributed by atoms with Crippen molar-refractivity contribution >= 4 is 0 Å². The summed E-state index contributed by atoms with van der Waals surface area (Å²) in [5.41, 5.74) is 1.01. The highest BCUT2D eigenvalue weighted by atomic mass is 15.1. The van der Waals surface area contributed by atoms with Crippen LogP contribution >= 0.6 is 0 Å². The van der Waals surface area contributed by atoms with Gasteiger partial charge < -0.3 is 9.55 Å². The van der Waals surface area contributed by atoms with Gasteiger partial charge in [-0.3, -0.25) is 0 Å². The summed E-state index contributed by atoms with van der Waals surface area (Å²) in [6, 6.07) is 0.630. The van der Waals surface area contributed by atoms with Crippen molar-refractivity contribution < 1.29 is 0 Å². The first-order chi connectivity index (χ1) is 7.45. The van der Waals surface area contributed by atoms with Crippen LogP contribution in [0.15, 0.2) is 24.9 Å². The molecular weight excluding hydrogens is 188 g/mol. The average molecular weight is 202 g/mol. The van der Waals surface area contributed by atoms with E-state index in [9.17, 15) is 0 Å². The van der Waals surface area contributed by atoms with Gasteiger partial charge in [0.15, 0.2) is 5.82 Å². The van der Waals surface area contributed by atoms with E-state index in [1.165, 1.54) is 25.7 Å². The molecule has 0 bridgehead atoms. The van der Waals surface area contributed by atoms with Crippen LogP contribution in [-0.2, 0) is 0 Å². The number of hydrogen-bond acceptors (Lipinski definition) is 2. The van der Waals surface area contributed by atoms with E-state index in [2.05, 4.69) is 25.7 Å². The van der Waals surface area contributed by atoms with E-state index in [-0.39, 0.29) is 0 Å². The van der Waals surface area contributed by atoms with E-state index < -0.39 is 0 Å². The van der Waals surface area contributed by atoms with Gasteiger partial charge in [-0.2, -0.15) is 0 Å². The molecule has 0 saturated heterocycles. The number of aromatic amines is 1. The zero-order valence-corrected chi connectivity index (χ0v) is 8.56. The molecule has 2 aromatic rings. The second kappa shape index (κ2) is 3.53. The van der Waals surface area contributed by atoms with Crippen LogP contribution in [0.3, 0.4) is 0 Å². The van der Waals surface area contributed by atoms with Crippen LogP contribution in [0, 0.1) is 0 Å². The molecule has 4 nitrogen and oxygen atoms in total. The smallest absolute Gasteiger partial charge is 0.158 e. The summed E-state index contributed by atoms with van der Waals surface area (Å²) in [7, 11) is 0. The fourth-order valence-corrected chi connectivity index (χ4v) is 2.38. The maximum atomic E-state index is 4.39. The highest BCUT2D eigenvalue weighted by Crippen LogP contribution is 2.32. The zero-order chi connectivity index (χ0) is 10.1. The first-order valence-corrected chi connectivity index (χ1v) is 5.47. The van der Waals surface area contributed by atoms with Gasteiger partial charge in [-0.25, -0.2) is 9.97 Å². The minimum Gasteiger partial charge on any atom is -0.342 e. The maximum Gasteiger partial charge on any atom is 0.158 e. The summed E-state index contributed by atoms with van der Waals surface area (Å²) in [4.78, 5) is 11.5. The molecule has 0 unspecified atom stereocenters. The Kier molecular flexibility index (Phi) is 2.05. The SMILES string of the molecule is c1cn(C2CCCC2)c(-c2cnc[nH]2)n1. The zero-order valence-electron chi connectivity index (χ0n) is 8.56. The van der Waals surface area contributed by atoms with E-state index in [0.717, 1.165) is 11.5 Å². The minimum absolute atomic E-state index is 0.630. The van der Waals surface area contributed by atoms with Crippen LogP contribution in [0.25, 0.3) is 11.5 Å². The van der Waals surface area contributed by atoms with Crippen molar-refractivity contribution in [3.63, 3.8) is 0 Å². The molecule has 15 heavy (non-hydrogen) atoms. The van der Waals surface area contributed by atoms with E-state index in [1.54, 1.807) is 6.33 Å². The Morgan fingerprint density at radius 1 is 1.33 bits per heavy atom. The lowest BCUT2D eigenvalue weighted by Crippen LogP contribution is -2.05. The Balaban J connectivity index is 1.98. The van der Waals surface area contributed by atoms with Crippen LogP contribution < -0.4 is 0 Å². The van der Waals surface area contributed by atoms with Gasteiger partial charge in [-0.05, 0) is 12.8 Å². The summed E-state index contributed by atoms with van der Waals surface area (Å²) in [6.45, 7) is 0. The molecular formula is C11H14N4. The summed E-state index contributed by atoms with van der Waals surface area (Å²) in [6.07, 6.45) is 12.7. The standard InChI is InChI=1S/C11H14N4/c1-2-4-9(3-1)15-6-5-13-11(15)10-7-12-8-14-10/h5-9H,1-4H2,(H,12,14). The normalized spacial score (nSPS) is 17.3. The number of aromatic nitrogens is 4. The first-order valence-electron chi connectivity index (χ1n) is 5.47. The Labute approximate surface area is 88.4 Å². The Hall–Kier alpha value is -1.58. The first kappa shape index (κ1) is 8.71. The number of H-pyrrole nitrogens is 1. The van der Waals surface area contributed by atoms with Crippen LogP contribution in [0.4, 0.5) is 0 Å².